The molecule has 0 aromatic carbocycles. The molecule has 1 saturated carbocycles. The van der Waals surface area contributed by atoms with Crippen LogP contribution >= 0.6 is 11.3 Å². The van der Waals surface area contributed by atoms with Crippen LogP contribution in [-0.4, -0.2) is 30.6 Å². The molecule has 0 radical (unpaired) electrons. The Morgan fingerprint density at radius 1 is 1.25 bits per heavy atom. The van der Waals surface area contributed by atoms with Gasteiger partial charge in [-0.25, -0.2) is 0 Å². The maximum absolute atomic E-state index is 3.78. The summed E-state index contributed by atoms with van der Waals surface area (Å²) in [4.78, 5) is 4.26. The molecule has 1 saturated heterocycles. The fraction of sp³-hybridized carbons (Fsp3) is 0.765. The van der Waals surface area contributed by atoms with Crippen LogP contribution in [0.2, 0.25) is 0 Å². The van der Waals surface area contributed by atoms with Crippen molar-refractivity contribution in [2.24, 2.45) is 11.8 Å². The maximum atomic E-state index is 3.78. The predicted molar refractivity (Wildman–Crippen MR) is 87.2 cm³/mol. The van der Waals surface area contributed by atoms with Gasteiger partial charge < -0.3 is 5.32 Å². The van der Waals surface area contributed by atoms with Crippen LogP contribution < -0.4 is 5.32 Å². The quantitative estimate of drug-likeness (QED) is 0.855. The van der Waals surface area contributed by atoms with Crippen molar-refractivity contribution in [2.45, 2.75) is 51.6 Å². The summed E-state index contributed by atoms with van der Waals surface area (Å²) in [6.07, 6.45) is 5.56. The van der Waals surface area contributed by atoms with Gasteiger partial charge in [0.2, 0.25) is 0 Å². The Balaban J connectivity index is 1.52. The molecule has 1 aromatic rings. The molecule has 20 heavy (non-hydrogen) atoms. The predicted octanol–water partition coefficient (Wildman–Crippen LogP) is 3.91. The van der Waals surface area contributed by atoms with Crippen molar-refractivity contribution in [1.82, 2.24) is 10.2 Å². The fourth-order valence-electron chi connectivity index (χ4n) is 3.43. The monoisotopic (exact) mass is 292 g/mol. The molecule has 1 atom stereocenters. The highest BCUT2D eigenvalue weighted by Crippen LogP contribution is 2.34. The highest BCUT2D eigenvalue weighted by molar-refractivity contribution is 7.10. The lowest BCUT2D eigenvalue weighted by molar-refractivity contribution is 0.115. The standard InChI is InChI=1S/C17H28N2S/c1-13(2)17(16-4-3-11-20-16)19-9-7-15(8-10-19)18-12-14-5-6-14/h3-4,11,13-15,17-18H,5-10,12H2,1-2H3. The van der Waals surface area contributed by atoms with E-state index in [1.807, 2.05) is 11.3 Å². The number of thiophene rings is 1. The van der Waals surface area contributed by atoms with Gasteiger partial charge in [-0.3, -0.25) is 4.90 Å². The Morgan fingerprint density at radius 2 is 2.00 bits per heavy atom. The Morgan fingerprint density at radius 3 is 2.55 bits per heavy atom. The van der Waals surface area contributed by atoms with Crippen molar-refractivity contribution >= 4 is 11.3 Å². The van der Waals surface area contributed by atoms with Crippen molar-refractivity contribution in [3.8, 4) is 0 Å². The number of hydrogen-bond acceptors (Lipinski definition) is 3. The molecule has 2 heterocycles. The number of hydrogen-bond donors (Lipinski definition) is 1. The van der Waals surface area contributed by atoms with Gasteiger partial charge in [0.05, 0.1) is 0 Å². The van der Waals surface area contributed by atoms with Crippen LogP contribution in [-0.2, 0) is 0 Å². The van der Waals surface area contributed by atoms with E-state index in [2.05, 4.69) is 41.6 Å². The Labute approximate surface area is 127 Å². The van der Waals surface area contributed by atoms with Gasteiger partial charge in [0.15, 0.2) is 0 Å². The van der Waals surface area contributed by atoms with E-state index in [0.717, 1.165) is 12.0 Å². The van der Waals surface area contributed by atoms with Crippen molar-refractivity contribution in [3.63, 3.8) is 0 Å². The van der Waals surface area contributed by atoms with E-state index in [1.54, 1.807) is 4.88 Å². The topological polar surface area (TPSA) is 15.3 Å². The molecule has 3 rings (SSSR count). The second-order valence-electron chi connectivity index (χ2n) is 6.87. The van der Waals surface area contributed by atoms with E-state index < -0.39 is 0 Å². The van der Waals surface area contributed by atoms with Gasteiger partial charge in [-0.1, -0.05) is 19.9 Å². The smallest absolute Gasteiger partial charge is 0.0464 e. The summed E-state index contributed by atoms with van der Waals surface area (Å²) in [5, 5.41) is 6.00. The summed E-state index contributed by atoms with van der Waals surface area (Å²) in [5.41, 5.74) is 0. The van der Waals surface area contributed by atoms with Crippen LogP contribution in [0.5, 0.6) is 0 Å². The Kier molecular flexibility index (Phi) is 4.79. The lowest BCUT2D eigenvalue weighted by Crippen LogP contribution is -2.45. The zero-order chi connectivity index (χ0) is 13.9. The van der Waals surface area contributed by atoms with Gasteiger partial charge in [-0.15, -0.1) is 11.3 Å². The summed E-state index contributed by atoms with van der Waals surface area (Å²) in [7, 11) is 0. The molecule has 2 fully saturated rings. The minimum Gasteiger partial charge on any atom is -0.314 e. The zero-order valence-electron chi connectivity index (χ0n) is 12.8. The van der Waals surface area contributed by atoms with Crippen molar-refractivity contribution < 1.29 is 0 Å². The van der Waals surface area contributed by atoms with E-state index in [4.69, 9.17) is 0 Å². The molecular weight excluding hydrogens is 264 g/mol. The third kappa shape index (κ3) is 3.63. The minimum absolute atomic E-state index is 0.624. The van der Waals surface area contributed by atoms with Gasteiger partial charge in [0.1, 0.15) is 0 Å². The van der Waals surface area contributed by atoms with E-state index >= 15 is 0 Å². The minimum atomic E-state index is 0.624. The molecule has 2 nitrogen and oxygen atoms in total. The Hall–Kier alpha value is -0.380. The third-order valence-corrected chi connectivity index (χ3v) is 5.72. The van der Waals surface area contributed by atoms with Crippen LogP contribution in [0.25, 0.3) is 0 Å². The molecule has 1 aliphatic heterocycles. The molecule has 1 aliphatic carbocycles. The molecule has 1 aromatic heterocycles. The summed E-state index contributed by atoms with van der Waals surface area (Å²) >= 11 is 1.92. The number of rotatable bonds is 6. The number of nitrogens with one attached hydrogen (secondary N) is 1. The first-order chi connectivity index (χ1) is 9.74. The third-order valence-electron chi connectivity index (χ3n) is 4.78. The van der Waals surface area contributed by atoms with Crippen LogP contribution in [0, 0.1) is 11.8 Å². The van der Waals surface area contributed by atoms with Crippen LogP contribution in [0.3, 0.4) is 0 Å². The zero-order valence-corrected chi connectivity index (χ0v) is 13.7. The van der Waals surface area contributed by atoms with E-state index in [1.165, 1.54) is 45.3 Å². The highest BCUT2D eigenvalue weighted by atomic mass is 32.1. The average molecular weight is 292 g/mol. The average Bonchev–Trinajstić information content (AvgIpc) is 3.13. The summed E-state index contributed by atoms with van der Waals surface area (Å²) in [5.74, 6) is 1.70. The number of likely N-dealkylation sites (tertiary alicyclic amines) is 1. The van der Waals surface area contributed by atoms with Gasteiger partial charge in [0, 0.05) is 30.1 Å². The molecule has 1 N–H and O–H groups in total. The lowest BCUT2D eigenvalue weighted by atomic mass is 9.96. The van der Waals surface area contributed by atoms with Gasteiger partial charge in [-0.2, -0.15) is 0 Å². The van der Waals surface area contributed by atoms with Gasteiger partial charge in [-0.05, 0) is 55.5 Å². The van der Waals surface area contributed by atoms with E-state index in [0.29, 0.717) is 12.0 Å². The van der Waals surface area contributed by atoms with Crippen LogP contribution in [0.1, 0.15) is 50.4 Å². The highest BCUT2D eigenvalue weighted by Gasteiger charge is 2.29. The largest absolute Gasteiger partial charge is 0.314 e. The molecule has 0 spiro atoms. The molecule has 0 amide bonds. The molecule has 3 heteroatoms. The molecular formula is C17H28N2S. The van der Waals surface area contributed by atoms with Gasteiger partial charge in [0.25, 0.3) is 0 Å². The van der Waals surface area contributed by atoms with E-state index in [-0.39, 0.29) is 0 Å². The van der Waals surface area contributed by atoms with Crippen LogP contribution in [0.15, 0.2) is 17.5 Å². The van der Waals surface area contributed by atoms with E-state index in [9.17, 15) is 0 Å². The molecule has 2 aliphatic rings. The number of piperidine rings is 1. The molecule has 1 unspecified atom stereocenters. The molecule has 0 bridgehead atoms. The molecule has 112 valence electrons. The van der Waals surface area contributed by atoms with Gasteiger partial charge >= 0.3 is 0 Å². The summed E-state index contributed by atoms with van der Waals surface area (Å²) < 4.78 is 0. The second-order valence-corrected chi connectivity index (χ2v) is 7.85. The van der Waals surface area contributed by atoms with Crippen molar-refractivity contribution in [3.05, 3.63) is 22.4 Å². The summed E-state index contributed by atoms with van der Waals surface area (Å²) in [6.45, 7) is 8.50. The Bertz CT molecular complexity index is 389. The van der Waals surface area contributed by atoms with Crippen LogP contribution in [0.4, 0.5) is 0 Å². The first kappa shape index (κ1) is 14.6. The number of nitrogens with zero attached hydrogens (tertiary/aromatic N) is 1. The second kappa shape index (κ2) is 6.59. The first-order valence-electron chi connectivity index (χ1n) is 8.25. The summed E-state index contributed by atoms with van der Waals surface area (Å²) in [6, 6.07) is 5.90. The fourth-order valence-corrected chi connectivity index (χ4v) is 4.46. The van der Waals surface area contributed by atoms with Crippen molar-refractivity contribution in [2.75, 3.05) is 19.6 Å². The SMILES string of the molecule is CC(C)C(c1cccs1)N1CCC(NCC2CC2)CC1. The lowest BCUT2D eigenvalue weighted by Gasteiger charge is -2.39. The van der Waals surface area contributed by atoms with Crippen molar-refractivity contribution in [1.29, 1.82) is 0 Å². The normalized spacial score (nSPS) is 23.4. The maximum Gasteiger partial charge on any atom is 0.0464 e. The first-order valence-corrected chi connectivity index (χ1v) is 9.13.